The third-order valence-corrected chi connectivity index (χ3v) is 2.91. The van der Waals surface area contributed by atoms with Crippen molar-refractivity contribution >= 4 is 33.3 Å². The molecule has 0 saturated heterocycles. The van der Waals surface area contributed by atoms with Gasteiger partial charge < -0.3 is 0 Å². The van der Waals surface area contributed by atoms with Crippen LogP contribution in [0.4, 0.5) is 0 Å². The third kappa shape index (κ3) is 2.55. The van der Waals surface area contributed by atoms with Crippen molar-refractivity contribution in [1.82, 2.24) is 0 Å². The zero-order valence-electron chi connectivity index (χ0n) is 7.47. The van der Waals surface area contributed by atoms with Gasteiger partial charge in [0, 0.05) is 4.47 Å². The Kier molecular flexibility index (Phi) is 3.51. The van der Waals surface area contributed by atoms with Crippen molar-refractivity contribution < 1.29 is 4.79 Å². The van der Waals surface area contributed by atoms with Gasteiger partial charge in [0.05, 0.1) is 0 Å². The van der Waals surface area contributed by atoms with E-state index in [1.165, 1.54) is 6.92 Å². The first-order valence-electron chi connectivity index (χ1n) is 3.93. The van der Waals surface area contributed by atoms with Gasteiger partial charge in [-0.1, -0.05) is 22.0 Å². The molecule has 1 aromatic rings. The average Bonchev–Trinajstić information content (AvgIpc) is 2.08. The van der Waals surface area contributed by atoms with E-state index in [0.717, 1.165) is 15.6 Å². The average molecular weight is 262 g/mol. The van der Waals surface area contributed by atoms with Crippen LogP contribution in [0.3, 0.4) is 0 Å². The lowest BCUT2D eigenvalue weighted by Gasteiger charge is -2.09. The summed E-state index contributed by atoms with van der Waals surface area (Å²) >= 11 is 9.29. The van der Waals surface area contributed by atoms with E-state index in [4.69, 9.17) is 11.6 Å². The number of rotatable bonds is 2. The van der Waals surface area contributed by atoms with Crippen molar-refractivity contribution in [3.05, 3.63) is 33.8 Å². The van der Waals surface area contributed by atoms with Gasteiger partial charge in [-0.15, -0.1) is 11.6 Å². The molecule has 0 spiro atoms. The molecule has 0 aliphatic heterocycles. The summed E-state index contributed by atoms with van der Waals surface area (Å²) in [6.45, 7) is 3.44. The zero-order valence-corrected chi connectivity index (χ0v) is 9.82. The van der Waals surface area contributed by atoms with Crippen LogP contribution >= 0.6 is 27.5 Å². The molecule has 70 valence electrons. The Labute approximate surface area is 91.2 Å². The van der Waals surface area contributed by atoms with Gasteiger partial charge in [-0.25, -0.2) is 0 Å². The van der Waals surface area contributed by atoms with Gasteiger partial charge in [-0.05, 0) is 37.1 Å². The van der Waals surface area contributed by atoms with E-state index >= 15 is 0 Å². The highest BCUT2D eigenvalue weighted by molar-refractivity contribution is 9.10. The monoisotopic (exact) mass is 260 g/mol. The number of hydrogen-bond donors (Lipinski definition) is 0. The second kappa shape index (κ2) is 4.25. The van der Waals surface area contributed by atoms with Gasteiger partial charge in [0.25, 0.3) is 0 Å². The van der Waals surface area contributed by atoms with Crippen LogP contribution < -0.4 is 0 Å². The van der Waals surface area contributed by atoms with Gasteiger partial charge in [-0.2, -0.15) is 0 Å². The number of aryl methyl sites for hydroxylation is 1. The van der Waals surface area contributed by atoms with Crippen molar-refractivity contribution in [3.63, 3.8) is 0 Å². The van der Waals surface area contributed by atoms with Crippen molar-refractivity contribution in [2.24, 2.45) is 0 Å². The Hall–Kier alpha value is -0.340. The molecule has 1 aromatic carbocycles. The Morgan fingerprint density at radius 2 is 2.15 bits per heavy atom. The van der Waals surface area contributed by atoms with Crippen LogP contribution in [-0.4, -0.2) is 5.78 Å². The van der Waals surface area contributed by atoms with E-state index in [0.29, 0.717) is 0 Å². The predicted molar refractivity (Wildman–Crippen MR) is 58.2 cm³/mol. The first-order valence-corrected chi connectivity index (χ1v) is 5.16. The van der Waals surface area contributed by atoms with Gasteiger partial charge in [0.1, 0.15) is 5.38 Å². The lowest BCUT2D eigenvalue weighted by Crippen LogP contribution is -2.03. The Balaban J connectivity index is 3.12. The van der Waals surface area contributed by atoms with E-state index < -0.39 is 5.38 Å². The summed E-state index contributed by atoms with van der Waals surface area (Å²) in [5.41, 5.74) is 1.92. The fraction of sp³-hybridized carbons (Fsp3) is 0.300. The summed E-state index contributed by atoms with van der Waals surface area (Å²) in [4.78, 5) is 11.1. The molecule has 0 heterocycles. The fourth-order valence-corrected chi connectivity index (χ4v) is 1.72. The van der Waals surface area contributed by atoms with Crippen LogP contribution in [0.2, 0.25) is 0 Å². The number of carbonyl (C=O) groups excluding carboxylic acids is 1. The molecule has 0 saturated carbocycles. The number of benzene rings is 1. The number of hydrogen-bond acceptors (Lipinski definition) is 1. The molecule has 1 nitrogen and oxygen atoms in total. The van der Waals surface area contributed by atoms with Crippen LogP contribution in [0, 0.1) is 6.92 Å². The fourth-order valence-electron chi connectivity index (χ4n) is 1.10. The summed E-state index contributed by atoms with van der Waals surface area (Å²) in [5, 5.41) is -0.530. The van der Waals surface area contributed by atoms with Gasteiger partial charge in [0.2, 0.25) is 0 Å². The molecule has 0 aromatic heterocycles. The lowest BCUT2D eigenvalue weighted by molar-refractivity contribution is -0.116. The molecule has 3 heteroatoms. The minimum atomic E-state index is -0.530. The smallest absolute Gasteiger partial charge is 0.152 e. The molecule has 0 amide bonds. The molecule has 13 heavy (non-hydrogen) atoms. The number of halogens is 2. The molecule has 0 aliphatic carbocycles. The third-order valence-electron chi connectivity index (χ3n) is 1.87. The maximum absolute atomic E-state index is 11.1. The van der Waals surface area contributed by atoms with Crippen LogP contribution in [0.15, 0.2) is 22.7 Å². The van der Waals surface area contributed by atoms with E-state index in [2.05, 4.69) is 15.9 Å². The topological polar surface area (TPSA) is 17.1 Å². The van der Waals surface area contributed by atoms with Gasteiger partial charge in [0.15, 0.2) is 5.78 Å². The molecule has 0 fully saturated rings. The second-order valence-electron chi connectivity index (χ2n) is 2.97. The molecule has 0 aliphatic rings. The standard InChI is InChI=1S/C10H10BrClO/c1-6-3-4-8(11)5-9(6)10(12)7(2)13/h3-5,10H,1-2H3. The van der Waals surface area contributed by atoms with Crippen molar-refractivity contribution in [2.75, 3.05) is 0 Å². The molecule has 0 radical (unpaired) electrons. The van der Waals surface area contributed by atoms with Crippen LogP contribution in [-0.2, 0) is 4.79 Å². The maximum Gasteiger partial charge on any atom is 0.152 e. The first-order chi connectivity index (χ1) is 6.02. The molecule has 1 atom stereocenters. The summed E-state index contributed by atoms with van der Waals surface area (Å²) in [5.74, 6) is -0.0251. The summed E-state index contributed by atoms with van der Waals surface area (Å²) in [6, 6.07) is 5.76. The van der Waals surface area contributed by atoms with Crippen LogP contribution in [0.1, 0.15) is 23.4 Å². The van der Waals surface area contributed by atoms with Crippen molar-refractivity contribution in [1.29, 1.82) is 0 Å². The maximum atomic E-state index is 11.1. The Bertz CT molecular complexity index is 336. The minimum absolute atomic E-state index is 0.0251. The molecule has 0 N–H and O–H groups in total. The molecule has 1 unspecified atom stereocenters. The molecule has 1 rings (SSSR count). The first kappa shape index (κ1) is 10.7. The van der Waals surface area contributed by atoms with Gasteiger partial charge >= 0.3 is 0 Å². The Morgan fingerprint density at radius 1 is 1.54 bits per heavy atom. The highest BCUT2D eigenvalue weighted by Crippen LogP contribution is 2.27. The molecule has 0 bridgehead atoms. The second-order valence-corrected chi connectivity index (χ2v) is 4.33. The predicted octanol–water partition coefficient (Wildman–Crippen LogP) is 3.63. The zero-order chi connectivity index (χ0) is 10.0. The molecular weight excluding hydrogens is 251 g/mol. The van der Waals surface area contributed by atoms with Crippen molar-refractivity contribution in [2.45, 2.75) is 19.2 Å². The lowest BCUT2D eigenvalue weighted by atomic mass is 10.0. The quantitative estimate of drug-likeness (QED) is 0.743. The Morgan fingerprint density at radius 3 is 2.69 bits per heavy atom. The van der Waals surface area contributed by atoms with Gasteiger partial charge in [-0.3, -0.25) is 4.79 Å². The van der Waals surface area contributed by atoms with E-state index in [-0.39, 0.29) is 5.78 Å². The largest absolute Gasteiger partial charge is 0.298 e. The summed E-state index contributed by atoms with van der Waals surface area (Å²) < 4.78 is 0.944. The highest BCUT2D eigenvalue weighted by atomic mass is 79.9. The SMILES string of the molecule is CC(=O)C(Cl)c1cc(Br)ccc1C. The summed E-state index contributed by atoms with van der Waals surface area (Å²) in [7, 11) is 0. The minimum Gasteiger partial charge on any atom is -0.298 e. The van der Waals surface area contributed by atoms with Crippen LogP contribution in [0.25, 0.3) is 0 Å². The normalized spacial score (nSPS) is 12.6. The number of Topliss-reactive ketones (excluding diaryl/α,β-unsaturated/α-hetero) is 1. The highest BCUT2D eigenvalue weighted by Gasteiger charge is 2.15. The van der Waals surface area contributed by atoms with Crippen LogP contribution in [0.5, 0.6) is 0 Å². The van der Waals surface area contributed by atoms with E-state index in [9.17, 15) is 4.79 Å². The number of ketones is 1. The van der Waals surface area contributed by atoms with E-state index in [1.807, 2.05) is 25.1 Å². The number of alkyl halides is 1. The molecular formula is C10H10BrClO. The summed E-state index contributed by atoms with van der Waals surface area (Å²) in [6.07, 6.45) is 0. The van der Waals surface area contributed by atoms with E-state index in [1.54, 1.807) is 0 Å². The van der Waals surface area contributed by atoms with Crippen molar-refractivity contribution in [3.8, 4) is 0 Å². The number of carbonyl (C=O) groups is 1.